The number of benzene rings is 1. The molecule has 0 saturated carbocycles. The zero-order valence-corrected chi connectivity index (χ0v) is 9.88. The third-order valence-corrected chi connectivity index (χ3v) is 2.86. The second-order valence-electron chi connectivity index (χ2n) is 3.33. The minimum absolute atomic E-state index is 0.246. The van der Waals surface area contributed by atoms with E-state index in [9.17, 15) is 14.9 Å². The van der Waals surface area contributed by atoms with E-state index in [1.807, 2.05) is 0 Å². The van der Waals surface area contributed by atoms with Gasteiger partial charge in [-0.15, -0.1) is 0 Å². The van der Waals surface area contributed by atoms with Crippen LogP contribution >= 0.6 is 15.9 Å². The highest BCUT2D eigenvalue weighted by molar-refractivity contribution is 9.10. The Morgan fingerprint density at radius 3 is 2.62 bits per heavy atom. The lowest BCUT2D eigenvalue weighted by atomic mass is 9.96. The molecular weight excluding hydrogens is 278 g/mol. The van der Waals surface area contributed by atoms with Gasteiger partial charge in [0.15, 0.2) is 0 Å². The van der Waals surface area contributed by atoms with E-state index < -0.39 is 16.8 Å². The summed E-state index contributed by atoms with van der Waals surface area (Å²) in [5.74, 6) is -1.65. The van der Waals surface area contributed by atoms with Crippen molar-refractivity contribution in [3.63, 3.8) is 0 Å². The third-order valence-electron chi connectivity index (χ3n) is 2.14. The Balaban J connectivity index is 2.96. The maximum atomic E-state index is 10.6. The van der Waals surface area contributed by atoms with Gasteiger partial charge in [-0.3, -0.25) is 14.9 Å². The largest absolute Gasteiger partial charge is 0.481 e. The Labute approximate surface area is 100 Å². The van der Waals surface area contributed by atoms with Gasteiger partial charge >= 0.3 is 5.97 Å². The standard InChI is InChI=1S/C10H10BrNO4/c11-9-4-2-1-3-8(9)7(5-10(13)14)6-12(15)16/h1-4,7H,5-6H2,(H,13,14). The molecule has 1 atom stereocenters. The van der Waals surface area contributed by atoms with Gasteiger partial charge in [0.1, 0.15) is 0 Å². The number of hydrogen-bond acceptors (Lipinski definition) is 3. The fraction of sp³-hybridized carbons (Fsp3) is 0.300. The fourth-order valence-corrected chi connectivity index (χ4v) is 2.08. The van der Waals surface area contributed by atoms with Crippen molar-refractivity contribution in [2.45, 2.75) is 12.3 Å². The molecule has 0 aromatic heterocycles. The summed E-state index contributed by atoms with van der Waals surface area (Å²) in [6, 6.07) is 6.94. The molecule has 1 aromatic carbocycles. The number of halogens is 1. The molecule has 0 fully saturated rings. The Bertz CT molecular complexity index is 392. The first kappa shape index (κ1) is 12.6. The average Bonchev–Trinajstić information content (AvgIpc) is 2.15. The van der Waals surface area contributed by atoms with Crippen molar-refractivity contribution in [3.8, 4) is 0 Å². The van der Waals surface area contributed by atoms with Gasteiger partial charge in [-0.2, -0.15) is 0 Å². The van der Waals surface area contributed by atoms with Crippen LogP contribution in [0, 0.1) is 10.1 Å². The lowest BCUT2D eigenvalue weighted by Gasteiger charge is -2.12. The molecule has 0 radical (unpaired) electrons. The topological polar surface area (TPSA) is 80.4 Å². The molecule has 1 rings (SSSR count). The minimum Gasteiger partial charge on any atom is -0.481 e. The van der Waals surface area contributed by atoms with Crippen LogP contribution in [-0.4, -0.2) is 22.5 Å². The lowest BCUT2D eigenvalue weighted by Crippen LogP contribution is -2.16. The van der Waals surface area contributed by atoms with E-state index >= 15 is 0 Å². The summed E-state index contributed by atoms with van der Waals surface area (Å²) in [4.78, 5) is 20.6. The zero-order valence-electron chi connectivity index (χ0n) is 8.30. The molecular formula is C10H10BrNO4. The van der Waals surface area contributed by atoms with Crippen LogP contribution in [0.3, 0.4) is 0 Å². The summed E-state index contributed by atoms with van der Waals surface area (Å²) >= 11 is 3.26. The highest BCUT2D eigenvalue weighted by atomic mass is 79.9. The predicted octanol–water partition coefficient (Wildman–Crippen LogP) is 2.28. The van der Waals surface area contributed by atoms with E-state index in [0.29, 0.717) is 10.0 Å². The van der Waals surface area contributed by atoms with E-state index in [0.717, 1.165) is 0 Å². The smallest absolute Gasteiger partial charge is 0.304 e. The van der Waals surface area contributed by atoms with Gasteiger partial charge in [0.05, 0.1) is 12.3 Å². The summed E-state index contributed by atoms with van der Waals surface area (Å²) in [6.07, 6.45) is -0.246. The average molecular weight is 288 g/mol. The van der Waals surface area contributed by atoms with Gasteiger partial charge in [-0.25, -0.2) is 0 Å². The highest BCUT2D eigenvalue weighted by Gasteiger charge is 2.22. The molecule has 0 aliphatic heterocycles. The van der Waals surface area contributed by atoms with Crippen molar-refractivity contribution in [2.75, 3.05) is 6.54 Å². The molecule has 0 saturated heterocycles. The van der Waals surface area contributed by atoms with Crippen molar-refractivity contribution in [1.29, 1.82) is 0 Å². The molecule has 0 aliphatic carbocycles. The summed E-state index contributed by atoms with van der Waals surface area (Å²) in [5, 5.41) is 19.2. The van der Waals surface area contributed by atoms with Gasteiger partial charge in [0.25, 0.3) is 0 Å². The van der Waals surface area contributed by atoms with Crippen molar-refractivity contribution in [2.24, 2.45) is 0 Å². The molecule has 5 nitrogen and oxygen atoms in total. The first-order valence-electron chi connectivity index (χ1n) is 4.58. The van der Waals surface area contributed by atoms with Crippen LogP contribution in [0.2, 0.25) is 0 Å². The molecule has 6 heteroatoms. The van der Waals surface area contributed by atoms with Crippen LogP contribution in [0.15, 0.2) is 28.7 Å². The molecule has 16 heavy (non-hydrogen) atoms. The molecule has 0 aliphatic rings. The molecule has 0 heterocycles. The van der Waals surface area contributed by atoms with Gasteiger partial charge in [-0.1, -0.05) is 34.1 Å². The van der Waals surface area contributed by atoms with E-state index in [1.54, 1.807) is 24.3 Å². The predicted molar refractivity (Wildman–Crippen MR) is 61.0 cm³/mol. The highest BCUT2D eigenvalue weighted by Crippen LogP contribution is 2.27. The Hall–Kier alpha value is -1.43. The van der Waals surface area contributed by atoms with Gasteiger partial charge in [-0.05, 0) is 11.6 Å². The molecule has 0 spiro atoms. The van der Waals surface area contributed by atoms with E-state index in [2.05, 4.69) is 15.9 Å². The summed E-state index contributed by atoms with van der Waals surface area (Å²) in [5.41, 5.74) is 0.654. The number of rotatable bonds is 5. The Morgan fingerprint density at radius 2 is 2.12 bits per heavy atom. The number of hydrogen-bond donors (Lipinski definition) is 1. The second-order valence-corrected chi connectivity index (χ2v) is 4.19. The van der Waals surface area contributed by atoms with Crippen LogP contribution in [0.1, 0.15) is 17.9 Å². The monoisotopic (exact) mass is 287 g/mol. The van der Waals surface area contributed by atoms with Crippen molar-refractivity contribution in [3.05, 3.63) is 44.4 Å². The minimum atomic E-state index is -1.04. The normalized spacial score (nSPS) is 12.1. The zero-order chi connectivity index (χ0) is 12.1. The number of nitro groups is 1. The first-order chi connectivity index (χ1) is 7.50. The van der Waals surface area contributed by atoms with Crippen molar-refractivity contribution >= 4 is 21.9 Å². The number of carboxylic acids is 1. The van der Waals surface area contributed by atoms with Crippen LogP contribution in [-0.2, 0) is 4.79 Å². The number of carboxylic acid groups (broad SMARTS) is 1. The SMILES string of the molecule is O=C(O)CC(C[N+](=O)[O-])c1ccccc1Br. The second kappa shape index (κ2) is 5.60. The lowest BCUT2D eigenvalue weighted by molar-refractivity contribution is -0.483. The third kappa shape index (κ3) is 3.62. The summed E-state index contributed by atoms with van der Waals surface area (Å²) in [7, 11) is 0. The van der Waals surface area contributed by atoms with Crippen LogP contribution in [0.25, 0.3) is 0 Å². The maximum Gasteiger partial charge on any atom is 0.304 e. The van der Waals surface area contributed by atoms with E-state index in [4.69, 9.17) is 5.11 Å². The molecule has 0 bridgehead atoms. The van der Waals surface area contributed by atoms with Crippen LogP contribution in [0.4, 0.5) is 0 Å². The van der Waals surface area contributed by atoms with Crippen molar-refractivity contribution < 1.29 is 14.8 Å². The summed E-state index contributed by atoms with van der Waals surface area (Å²) in [6.45, 7) is -0.380. The number of carbonyl (C=O) groups is 1. The van der Waals surface area contributed by atoms with Gasteiger partial charge < -0.3 is 5.11 Å². The van der Waals surface area contributed by atoms with Gasteiger partial charge in [0, 0.05) is 9.40 Å². The number of nitrogens with zero attached hydrogens (tertiary/aromatic N) is 1. The Morgan fingerprint density at radius 1 is 1.50 bits per heavy atom. The molecule has 1 N–H and O–H groups in total. The molecule has 86 valence electrons. The van der Waals surface area contributed by atoms with Gasteiger partial charge in [0.2, 0.25) is 6.54 Å². The Kier molecular flexibility index (Phi) is 4.42. The van der Waals surface area contributed by atoms with Crippen LogP contribution in [0.5, 0.6) is 0 Å². The van der Waals surface area contributed by atoms with E-state index in [-0.39, 0.29) is 13.0 Å². The molecule has 1 unspecified atom stereocenters. The van der Waals surface area contributed by atoms with Crippen molar-refractivity contribution in [1.82, 2.24) is 0 Å². The molecule has 1 aromatic rings. The first-order valence-corrected chi connectivity index (χ1v) is 5.38. The fourth-order valence-electron chi connectivity index (χ4n) is 1.47. The van der Waals surface area contributed by atoms with Crippen LogP contribution < -0.4 is 0 Å². The quantitative estimate of drug-likeness (QED) is 0.665. The maximum absolute atomic E-state index is 10.6. The number of aliphatic carboxylic acids is 1. The summed E-state index contributed by atoms with van der Waals surface area (Å²) < 4.78 is 0.697. The van der Waals surface area contributed by atoms with E-state index in [1.165, 1.54) is 0 Å². The molecule has 0 amide bonds.